The molecular formula is C21H25N3O5. The molecule has 1 saturated heterocycles. The third kappa shape index (κ3) is 4.70. The first-order valence-electron chi connectivity index (χ1n) is 10.0. The van der Waals surface area contributed by atoms with Gasteiger partial charge in [0.25, 0.3) is 11.8 Å². The van der Waals surface area contributed by atoms with Crippen LogP contribution in [0, 0.1) is 0 Å². The zero-order chi connectivity index (χ0) is 21.0. The van der Waals surface area contributed by atoms with E-state index >= 15 is 0 Å². The lowest BCUT2D eigenvalue weighted by molar-refractivity contribution is -0.137. The van der Waals surface area contributed by atoms with Gasteiger partial charge in [0.05, 0.1) is 0 Å². The maximum atomic E-state index is 12.8. The Morgan fingerprint density at radius 3 is 2.69 bits per heavy atom. The van der Waals surface area contributed by atoms with E-state index < -0.39 is 17.9 Å². The molecular weight excluding hydrogens is 374 g/mol. The van der Waals surface area contributed by atoms with Crippen molar-refractivity contribution in [3.63, 3.8) is 0 Å². The van der Waals surface area contributed by atoms with E-state index in [-0.39, 0.29) is 42.7 Å². The van der Waals surface area contributed by atoms with E-state index in [0.717, 1.165) is 25.7 Å². The third-order valence-electron chi connectivity index (χ3n) is 5.30. The average Bonchev–Trinajstić information content (AvgIpc) is 3.01. The summed E-state index contributed by atoms with van der Waals surface area (Å²) >= 11 is 0. The molecule has 8 nitrogen and oxygen atoms in total. The van der Waals surface area contributed by atoms with Crippen LogP contribution in [0.5, 0.6) is 0 Å². The van der Waals surface area contributed by atoms with Gasteiger partial charge in [0.2, 0.25) is 17.7 Å². The van der Waals surface area contributed by atoms with Crippen LogP contribution >= 0.6 is 0 Å². The molecule has 0 bridgehead atoms. The number of nitrogens with zero attached hydrogens (tertiary/aromatic N) is 1. The Morgan fingerprint density at radius 2 is 1.97 bits per heavy atom. The van der Waals surface area contributed by atoms with E-state index in [9.17, 15) is 24.0 Å². The highest BCUT2D eigenvalue weighted by Gasteiger charge is 2.39. The lowest BCUT2D eigenvalue weighted by Gasteiger charge is -2.29. The van der Waals surface area contributed by atoms with Crippen molar-refractivity contribution in [1.29, 1.82) is 0 Å². The Morgan fingerprint density at radius 1 is 1.17 bits per heavy atom. The number of nitrogens with one attached hydrogen (secondary N) is 2. The fourth-order valence-electron chi connectivity index (χ4n) is 3.67. The number of hydrogen-bond acceptors (Lipinski definition) is 5. The fourth-order valence-corrected chi connectivity index (χ4v) is 3.67. The van der Waals surface area contributed by atoms with E-state index in [4.69, 9.17) is 0 Å². The lowest BCUT2D eigenvalue weighted by atomic mass is 10.0. The van der Waals surface area contributed by atoms with Crippen LogP contribution in [0.1, 0.15) is 78.1 Å². The second-order valence-electron chi connectivity index (χ2n) is 7.46. The highest BCUT2D eigenvalue weighted by molar-refractivity contribution is 6.08. The summed E-state index contributed by atoms with van der Waals surface area (Å²) in [4.78, 5) is 61.9. The maximum absolute atomic E-state index is 12.8. The molecule has 2 aliphatic rings. The van der Waals surface area contributed by atoms with Crippen LogP contribution in [0.3, 0.4) is 0 Å². The van der Waals surface area contributed by atoms with Crippen LogP contribution in [0.15, 0.2) is 18.2 Å². The average molecular weight is 399 g/mol. The van der Waals surface area contributed by atoms with Crippen LogP contribution in [-0.4, -0.2) is 40.5 Å². The molecule has 0 radical (unpaired) electrons. The highest BCUT2D eigenvalue weighted by Crippen LogP contribution is 2.28. The SMILES string of the molecule is CCCCCCC(=O)NC(=O)c1ccc2c(c1)C(=O)N(C1CCC(=O)NC1=O)C2. The van der Waals surface area contributed by atoms with Gasteiger partial charge in [0.15, 0.2) is 0 Å². The van der Waals surface area contributed by atoms with Crippen LogP contribution in [0.25, 0.3) is 0 Å². The Kier molecular flexibility index (Phi) is 6.41. The Labute approximate surface area is 169 Å². The minimum absolute atomic E-state index is 0.185. The van der Waals surface area contributed by atoms with Crippen molar-refractivity contribution in [3.8, 4) is 0 Å². The van der Waals surface area contributed by atoms with E-state index in [1.165, 1.54) is 11.0 Å². The number of imide groups is 2. The number of amides is 5. The molecule has 5 amide bonds. The van der Waals surface area contributed by atoms with Gasteiger partial charge in [-0.3, -0.25) is 34.6 Å². The minimum Gasteiger partial charge on any atom is -0.322 e. The molecule has 0 saturated carbocycles. The summed E-state index contributed by atoms with van der Waals surface area (Å²) in [6, 6.07) is 4.00. The first kappa shape index (κ1) is 20.7. The summed E-state index contributed by atoms with van der Waals surface area (Å²) in [5, 5.41) is 4.62. The van der Waals surface area contributed by atoms with Gasteiger partial charge in [-0.05, 0) is 30.5 Å². The van der Waals surface area contributed by atoms with Gasteiger partial charge in [-0.15, -0.1) is 0 Å². The van der Waals surface area contributed by atoms with Gasteiger partial charge in [-0.1, -0.05) is 32.3 Å². The third-order valence-corrected chi connectivity index (χ3v) is 5.30. The predicted octanol–water partition coefficient (Wildman–Crippen LogP) is 1.67. The number of unbranched alkanes of at least 4 members (excludes halogenated alkanes) is 3. The van der Waals surface area contributed by atoms with Crippen LogP contribution < -0.4 is 10.6 Å². The molecule has 1 atom stereocenters. The first-order valence-corrected chi connectivity index (χ1v) is 10.0. The zero-order valence-electron chi connectivity index (χ0n) is 16.5. The van der Waals surface area contributed by atoms with Crippen molar-refractivity contribution in [2.75, 3.05) is 0 Å². The summed E-state index contributed by atoms with van der Waals surface area (Å²) in [6.45, 7) is 2.33. The van der Waals surface area contributed by atoms with Crippen LogP contribution in [0.2, 0.25) is 0 Å². The quantitative estimate of drug-likeness (QED) is 0.535. The Hall–Kier alpha value is -3.03. The summed E-state index contributed by atoms with van der Waals surface area (Å²) < 4.78 is 0. The topological polar surface area (TPSA) is 113 Å². The first-order chi connectivity index (χ1) is 13.9. The van der Waals surface area contributed by atoms with Crippen molar-refractivity contribution in [2.45, 2.75) is 64.5 Å². The minimum atomic E-state index is -0.699. The Balaban J connectivity index is 1.64. The molecule has 0 spiro atoms. The van der Waals surface area contributed by atoms with Gasteiger partial charge in [-0.2, -0.15) is 0 Å². The van der Waals surface area contributed by atoms with Gasteiger partial charge < -0.3 is 4.90 Å². The smallest absolute Gasteiger partial charge is 0.257 e. The summed E-state index contributed by atoms with van der Waals surface area (Å²) in [7, 11) is 0. The lowest BCUT2D eigenvalue weighted by Crippen LogP contribution is -2.52. The number of rotatable bonds is 7. The molecule has 1 fully saturated rings. The molecule has 1 aromatic rings. The molecule has 29 heavy (non-hydrogen) atoms. The van der Waals surface area contributed by atoms with Crippen molar-refractivity contribution in [1.82, 2.24) is 15.5 Å². The van der Waals surface area contributed by atoms with Gasteiger partial charge in [0.1, 0.15) is 6.04 Å². The number of carbonyl (C=O) groups is 5. The molecule has 154 valence electrons. The molecule has 1 unspecified atom stereocenters. The molecule has 2 aliphatic heterocycles. The molecule has 0 aliphatic carbocycles. The normalized spacial score (nSPS) is 18.4. The van der Waals surface area contributed by atoms with Gasteiger partial charge >= 0.3 is 0 Å². The van der Waals surface area contributed by atoms with E-state index in [0.29, 0.717) is 17.5 Å². The van der Waals surface area contributed by atoms with Crippen molar-refractivity contribution >= 4 is 29.5 Å². The standard InChI is InChI=1S/C21H25N3O5/c1-2-3-4-5-6-17(25)22-19(27)13-7-8-14-12-24(21(29)15(14)11-13)16-9-10-18(26)23-20(16)28/h7-8,11,16H,2-6,9-10,12H2,1H3,(H,22,25,27)(H,23,26,28). The number of fused-ring (bicyclic) bond motifs is 1. The second kappa shape index (κ2) is 8.98. The monoisotopic (exact) mass is 399 g/mol. The van der Waals surface area contributed by atoms with Crippen LogP contribution in [-0.2, 0) is 20.9 Å². The summed E-state index contributed by atoms with van der Waals surface area (Å²) in [6.07, 6.45) is 4.56. The zero-order valence-corrected chi connectivity index (χ0v) is 16.5. The largest absolute Gasteiger partial charge is 0.322 e. The summed E-state index contributed by atoms with van der Waals surface area (Å²) in [5.41, 5.74) is 1.28. The molecule has 2 N–H and O–H groups in total. The molecule has 0 aromatic heterocycles. The van der Waals surface area contributed by atoms with Gasteiger partial charge in [0, 0.05) is 30.5 Å². The van der Waals surface area contributed by atoms with Gasteiger partial charge in [-0.25, -0.2) is 0 Å². The van der Waals surface area contributed by atoms with Crippen molar-refractivity contribution in [2.24, 2.45) is 0 Å². The fraction of sp³-hybridized carbons (Fsp3) is 0.476. The molecule has 3 rings (SSSR count). The number of piperidine rings is 1. The number of carbonyl (C=O) groups excluding carboxylic acids is 5. The molecule has 8 heteroatoms. The van der Waals surface area contributed by atoms with Crippen molar-refractivity contribution < 1.29 is 24.0 Å². The van der Waals surface area contributed by atoms with Crippen LogP contribution in [0.4, 0.5) is 0 Å². The van der Waals surface area contributed by atoms with E-state index in [1.54, 1.807) is 12.1 Å². The van der Waals surface area contributed by atoms with Crippen molar-refractivity contribution in [3.05, 3.63) is 34.9 Å². The highest BCUT2D eigenvalue weighted by atomic mass is 16.2. The number of benzene rings is 1. The van der Waals surface area contributed by atoms with E-state index in [2.05, 4.69) is 17.6 Å². The summed E-state index contributed by atoms with van der Waals surface area (Å²) in [5.74, 6) is -2.04. The molecule has 1 aromatic carbocycles. The Bertz CT molecular complexity index is 864. The molecule has 2 heterocycles. The van der Waals surface area contributed by atoms with E-state index in [1.807, 2.05) is 0 Å². The second-order valence-corrected chi connectivity index (χ2v) is 7.46. The maximum Gasteiger partial charge on any atom is 0.257 e. The number of hydrogen-bond donors (Lipinski definition) is 2. The predicted molar refractivity (Wildman–Crippen MR) is 104 cm³/mol.